The molecule has 1 heterocycles. The molecular formula is C39H37N3O5. The van der Waals surface area contributed by atoms with E-state index in [2.05, 4.69) is 28.4 Å². The fraction of sp³-hybridized carbons (Fsp3) is 0.128. The maximum Gasteiger partial charge on any atom is 0.326 e. The number of carbonyl (C=O) groups excluding carboxylic acids is 1. The number of ether oxygens (including phenoxy) is 2. The van der Waals surface area contributed by atoms with E-state index in [0.29, 0.717) is 30.2 Å². The fourth-order valence-electron chi connectivity index (χ4n) is 5.25. The summed E-state index contributed by atoms with van der Waals surface area (Å²) in [5, 5.41) is 13.5. The molecule has 47 heavy (non-hydrogen) atoms. The average molecular weight is 628 g/mol. The molecule has 238 valence electrons. The number of benzene rings is 4. The van der Waals surface area contributed by atoms with E-state index in [9.17, 15) is 14.7 Å². The Morgan fingerprint density at radius 2 is 1.53 bits per heavy atom. The van der Waals surface area contributed by atoms with E-state index in [1.807, 2.05) is 84.9 Å². The summed E-state index contributed by atoms with van der Waals surface area (Å²) >= 11 is 0. The van der Waals surface area contributed by atoms with Gasteiger partial charge in [-0.1, -0.05) is 61.7 Å². The molecule has 0 bridgehead atoms. The molecular weight excluding hydrogens is 590 g/mol. The van der Waals surface area contributed by atoms with Gasteiger partial charge in [-0.05, 0) is 83.4 Å². The maximum absolute atomic E-state index is 13.1. The second kappa shape index (κ2) is 15.3. The molecule has 1 atom stereocenters. The molecule has 5 aromatic rings. The highest BCUT2D eigenvalue weighted by Crippen LogP contribution is 2.26. The molecule has 1 aromatic heterocycles. The number of hydrogen-bond acceptors (Lipinski definition) is 5. The molecule has 0 saturated heterocycles. The van der Waals surface area contributed by atoms with Crippen molar-refractivity contribution >= 4 is 28.5 Å². The molecule has 8 nitrogen and oxygen atoms in total. The number of hydrogen-bond donors (Lipinski definition) is 3. The van der Waals surface area contributed by atoms with Gasteiger partial charge in [-0.25, -0.2) is 4.79 Å². The molecule has 0 aliphatic heterocycles. The maximum atomic E-state index is 13.1. The summed E-state index contributed by atoms with van der Waals surface area (Å²) in [6.45, 7) is 8.67. The molecule has 1 amide bonds. The monoisotopic (exact) mass is 627 g/mol. The van der Waals surface area contributed by atoms with Crippen LogP contribution < -0.4 is 19.7 Å². The minimum atomic E-state index is -1.09. The van der Waals surface area contributed by atoms with E-state index < -0.39 is 17.9 Å². The highest BCUT2D eigenvalue weighted by molar-refractivity contribution is 5.97. The number of amides is 1. The van der Waals surface area contributed by atoms with E-state index in [0.717, 1.165) is 39.0 Å². The van der Waals surface area contributed by atoms with Crippen molar-refractivity contribution in [2.24, 2.45) is 0 Å². The van der Waals surface area contributed by atoms with Gasteiger partial charge in [0.05, 0.1) is 7.11 Å². The molecule has 4 aromatic carbocycles. The number of carboxylic acids is 1. The Balaban J connectivity index is 1.30. The van der Waals surface area contributed by atoms with E-state index in [1.165, 1.54) is 0 Å². The van der Waals surface area contributed by atoms with E-state index in [-0.39, 0.29) is 6.42 Å². The van der Waals surface area contributed by atoms with Crippen LogP contribution in [0.5, 0.6) is 11.5 Å². The number of allylic oxidation sites excluding steroid dienone is 3. The number of para-hydroxylation sites is 1. The third-order valence-corrected chi connectivity index (χ3v) is 7.75. The lowest BCUT2D eigenvalue weighted by Gasteiger charge is -2.26. The number of aliphatic carboxylic acids is 1. The number of methoxy groups -OCH3 is 1. The summed E-state index contributed by atoms with van der Waals surface area (Å²) in [5.74, 6) is 0.514. The standard InChI is InChI=1S/C39H37N3O5/c1-4-8-32(5-2)47-34-21-17-31(18-22-34)42(26-28-13-19-33(46-3)20-14-28)25-27-11-15-29(16-12-27)38(43)41-37(39(44)45)23-30-24-40-36-10-7-6-9-35(30)36/h4-22,24,37,40H,1-2,23,25-26H2,3H3,(H,41,43)(H,44,45)/b32-8+. The summed E-state index contributed by atoms with van der Waals surface area (Å²) in [5.41, 5.74) is 5.18. The lowest BCUT2D eigenvalue weighted by Crippen LogP contribution is -2.42. The molecule has 0 saturated carbocycles. The zero-order valence-electron chi connectivity index (χ0n) is 26.2. The molecule has 1 unspecified atom stereocenters. The first kappa shape index (κ1) is 32.4. The number of nitrogens with one attached hydrogen (secondary N) is 2. The van der Waals surface area contributed by atoms with Crippen LogP contribution in [-0.4, -0.2) is 35.1 Å². The number of fused-ring (bicyclic) bond motifs is 1. The Morgan fingerprint density at radius 1 is 0.894 bits per heavy atom. The van der Waals surface area contributed by atoms with Crippen molar-refractivity contribution < 1.29 is 24.2 Å². The quantitative estimate of drug-likeness (QED) is 0.0823. The van der Waals surface area contributed by atoms with Crippen LogP contribution in [0.1, 0.15) is 27.0 Å². The van der Waals surface area contributed by atoms with Gasteiger partial charge in [-0.2, -0.15) is 0 Å². The number of H-pyrrole nitrogens is 1. The fourth-order valence-corrected chi connectivity index (χ4v) is 5.25. The van der Waals surface area contributed by atoms with Crippen molar-refractivity contribution in [1.29, 1.82) is 0 Å². The van der Waals surface area contributed by atoms with E-state index in [1.54, 1.807) is 43.7 Å². The molecule has 3 N–H and O–H groups in total. The van der Waals surface area contributed by atoms with Gasteiger partial charge in [-0.3, -0.25) is 4.79 Å². The Kier molecular flexibility index (Phi) is 10.5. The van der Waals surface area contributed by atoms with Crippen LogP contribution in [-0.2, 0) is 24.3 Å². The van der Waals surface area contributed by atoms with Gasteiger partial charge in [0, 0.05) is 47.9 Å². The lowest BCUT2D eigenvalue weighted by molar-refractivity contribution is -0.139. The second-order valence-corrected chi connectivity index (χ2v) is 10.9. The van der Waals surface area contributed by atoms with Crippen molar-refractivity contribution in [3.05, 3.63) is 163 Å². The van der Waals surface area contributed by atoms with Crippen molar-refractivity contribution in [2.45, 2.75) is 25.6 Å². The number of carboxylic acid groups (broad SMARTS) is 1. The SMILES string of the molecule is C=C/C=C(\C=C)Oc1ccc(N(Cc2ccc(OC)cc2)Cc2ccc(C(=O)NC(Cc3c[nH]c4ccccc34)C(=O)O)cc2)cc1. The predicted molar refractivity (Wildman–Crippen MR) is 186 cm³/mol. The van der Waals surface area contributed by atoms with Crippen LogP contribution in [0.4, 0.5) is 5.69 Å². The van der Waals surface area contributed by atoms with Crippen LogP contribution in [0.15, 0.2) is 140 Å². The summed E-state index contributed by atoms with van der Waals surface area (Å²) in [6.07, 6.45) is 6.96. The topological polar surface area (TPSA) is 104 Å². The zero-order valence-corrected chi connectivity index (χ0v) is 26.2. The van der Waals surface area contributed by atoms with Crippen LogP contribution in [0.2, 0.25) is 0 Å². The third-order valence-electron chi connectivity index (χ3n) is 7.75. The zero-order chi connectivity index (χ0) is 33.2. The summed E-state index contributed by atoms with van der Waals surface area (Å²) in [6, 6.07) is 29.5. The minimum Gasteiger partial charge on any atom is -0.497 e. The van der Waals surface area contributed by atoms with Gasteiger partial charge in [-0.15, -0.1) is 0 Å². The second-order valence-electron chi connectivity index (χ2n) is 10.9. The summed E-state index contributed by atoms with van der Waals surface area (Å²) in [4.78, 5) is 30.6. The van der Waals surface area contributed by atoms with Crippen LogP contribution in [0.25, 0.3) is 10.9 Å². The summed E-state index contributed by atoms with van der Waals surface area (Å²) < 4.78 is 11.2. The van der Waals surface area contributed by atoms with Gasteiger partial charge in [0.1, 0.15) is 23.3 Å². The third kappa shape index (κ3) is 8.38. The Hall–Kier alpha value is -6.02. The first-order chi connectivity index (χ1) is 22.9. The minimum absolute atomic E-state index is 0.159. The van der Waals surface area contributed by atoms with Crippen LogP contribution in [0, 0.1) is 0 Å². The lowest BCUT2D eigenvalue weighted by atomic mass is 10.0. The van der Waals surface area contributed by atoms with Crippen molar-refractivity contribution in [2.75, 3.05) is 12.0 Å². The summed E-state index contributed by atoms with van der Waals surface area (Å²) in [7, 11) is 1.64. The Bertz CT molecular complexity index is 1870. The molecule has 0 aliphatic carbocycles. The van der Waals surface area contributed by atoms with Crippen molar-refractivity contribution in [3.8, 4) is 11.5 Å². The average Bonchev–Trinajstić information content (AvgIpc) is 3.51. The molecule has 0 aliphatic rings. The number of anilines is 1. The number of aromatic amines is 1. The number of carbonyl (C=O) groups is 2. The Labute approximate surface area is 274 Å². The molecule has 5 rings (SSSR count). The molecule has 8 heteroatoms. The van der Waals surface area contributed by atoms with Crippen molar-refractivity contribution in [3.63, 3.8) is 0 Å². The number of aromatic nitrogens is 1. The van der Waals surface area contributed by atoms with Gasteiger partial charge in [0.2, 0.25) is 0 Å². The molecule has 0 fully saturated rings. The van der Waals surface area contributed by atoms with Gasteiger partial charge in [0.25, 0.3) is 5.91 Å². The van der Waals surface area contributed by atoms with Gasteiger partial charge >= 0.3 is 5.97 Å². The first-order valence-corrected chi connectivity index (χ1v) is 15.2. The normalized spacial score (nSPS) is 11.8. The molecule has 0 spiro atoms. The van der Waals surface area contributed by atoms with Crippen LogP contribution >= 0.6 is 0 Å². The van der Waals surface area contributed by atoms with Crippen molar-refractivity contribution in [1.82, 2.24) is 10.3 Å². The predicted octanol–water partition coefficient (Wildman–Crippen LogP) is 7.44. The molecule has 0 radical (unpaired) electrons. The Morgan fingerprint density at radius 3 is 2.15 bits per heavy atom. The first-order valence-electron chi connectivity index (χ1n) is 15.2. The largest absolute Gasteiger partial charge is 0.497 e. The highest BCUT2D eigenvalue weighted by Gasteiger charge is 2.23. The van der Waals surface area contributed by atoms with E-state index in [4.69, 9.17) is 9.47 Å². The number of rotatable bonds is 15. The smallest absolute Gasteiger partial charge is 0.326 e. The van der Waals surface area contributed by atoms with E-state index >= 15 is 0 Å². The number of nitrogens with zero attached hydrogens (tertiary/aromatic N) is 1. The van der Waals surface area contributed by atoms with Gasteiger partial charge < -0.3 is 29.8 Å². The highest BCUT2D eigenvalue weighted by atomic mass is 16.5. The van der Waals surface area contributed by atoms with Crippen LogP contribution in [0.3, 0.4) is 0 Å². The van der Waals surface area contributed by atoms with Gasteiger partial charge in [0.15, 0.2) is 0 Å².